The smallest absolute Gasteiger partial charge is 0.115 e. The van der Waals surface area contributed by atoms with Crippen molar-refractivity contribution in [2.75, 3.05) is 19.6 Å². The summed E-state index contributed by atoms with van der Waals surface area (Å²) < 4.78 is 0. The van der Waals surface area contributed by atoms with Crippen LogP contribution in [0.5, 0.6) is 5.75 Å². The van der Waals surface area contributed by atoms with E-state index in [4.69, 9.17) is 0 Å². The Balaban J connectivity index is 1.97. The minimum absolute atomic E-state index is 0.369. The van der Waals surface area contributed by atoms with Gasteiger partial charge in [0.2, 0.25) is 0 Å². The lowest BCUT2D eigenvalue weighted by Gasteiger charge is -2.48. The number of aromatic hydroxyl groups is 1. The monoisotopic (exact) mass is 203 g/mol. The number of nitrogens with zero attached hydrogens (tertiary/aromatic N) is 1. The van der Waals surface area contributed by atoms with Gasteiger partial charge in [-0.1, -0.05) is 12.1 Å². The molecular formula is C13H17NO. The first kappa shape index (κ1) is 9.22. The molecular weight excluding hydrogens is 186 g/mol. The Morgan fingerprint density at radius 3 is 2.33 bits per heavy atom. The van der Waals surface area contributed by atoms with Crippen molar-refractivity contribution in [2.45, 2.75) is 24.7 Å². The van der Waals surface area contributed by atoms with Crippen molar-refractivity contribution >= 4 is 0 Å². The van der Waals surface area contributed by atoms with E-state index in [0.717, 1.165) is 0 Å². The van der Waals surface area contributed by atoms with Crippen LogP contribution in [0.4, 0.5) is 0 Å². The van der Waals surface area contributed by atoms with Crippen LogP contribution in [0.3, 0.4) is 0 Å². The van der Waals surface area contributed by atoms with Gasteiger partial charge < -0.3 is 10.0 Å². The van der Waals surface area contributed by atoms with Gasteiger partial charge in [0.1, 0.15) is 5.75 Å². The molecule has 1 aromatic rings. The van der Waals surface area contributed by atoms with Gasteiger partial charge in [-0.2, -0.15) is 0 Å². The van der Waals surface area contributed by atoms with E-state index in [2.05, 4.69) is 11.0 Å². The predicted octanol–water partition coefficient (Wildman–Crippen LogP) is 2.13. The van der Waals surface area contributed by atoms with E-state index in [1.807, 2.05) is 12.1 Å². The van der Waals surface area contributed by atoms with Crippen LogP contribution in [0.2, 0.25) is 0 Å². The van der Waals surface area contributed by atoms with E-state index in [1.165, 1.54) is 44.5 Å². The molecule has 1 aromatic carbocycles. The van der Waals surface area contributed by atoms with E-state index >= 15 is 0 Å². The predicted molar refractivity (Wildman–Crippen MR) is 60.1 cm³/mol. The second-order valence-electron chi connectivity index (χ2n) is 4.92. The van der Waals surface area contributed by atoms with Crippen LogP contribution >= 0.6 is 0 Å². The molecule has 0 spiro atoms. The highest BCUT2D eigenvalue weighted by atomic mass is 16.3. The zero-order valence-electron chi connectivity index (χ0n) is 8.95. The molecule has 15 heavy (non-hydrogen) atoms. The van der Waals surface area contributed by atoms with Crippen molar-refractivity contribution in [3.63, 3.8) is 0 Å². The van der Waals surface area contributed by atoms with E-state index < -0.39 is 0 Å². The van der Waals surface area contributed by atoms with Gasteiger partial charge in [-0.15, -0.1) is 0 Å². The van der Waals surface area contributed by atoms with Gasteiger partial charge in [-0.25, -0.2) is 0 Å². The number of rotatable bonds is 1. The SMILES string of the molecule is Oc1cccc(C23CCN(CC2)CC3)c1. The summed E-state index contributed by atoms with van der Waals surface area (Å²) in [4.78, 5) is 2.55. The lowest BCUT2D eigenvalue weighted by atomic mass is 9.67. The molecule has 0 atom stereocenters. The van der Waals surface area contributed by atoms with Gasteiger partial charge in [0, 0.05) is 0 Å². The van der Waals surface area contributed by atoms with Crippen LogP contribution in [0, 0.1) is 0 Å². The number of piperidine rings is 3. The molecule has 0 aromatic heterocycles. The molecule has 3 fully saturated rings. The molecule has 3 heterocycles. The summed E-state index contributed by atoms with van der Waals surface area (Å²) >= 11 is 0. The van der Waals surface area contributed by atoms with Crippen LogP contribution in [0.1, 0.15) is 24.8 Å². The summed E-state index contributed by atoms with van der Waals surface area (Å²) in [5, 5.41) is 9.56. The second kappa shape index (κ2) is 3.24. The summed E-state index contributed by atoms with van der Waals surface area (Å²) in [5.74, 6) is 0.412. The van der Waals surface area contributed by atoms with E-state index in [-0.39, 0.29) is 0 Å². The van der Waals surface area contributed by atoms with Gasteiger partial charge in [0.15, 0.2) is 0 Å². The van der Waals surface area contributed by atoms with Crippen molar-refractivity contribution in [1.29, 1.82) is 0 Å². The maximum atomic E-state index is 9.56. The zero-order valence-corrected chi connectivity index (χ0v) is 8.95. The quantitative estimate of drug-likeness (QED) is 0.755. The van der Waals surface area contributed by atoms with Crippen molar-refractivity contribution in [2.24, 2.45) is 0 Å². The van der Waals surface area contributed by atoms with E-state index in [1.54, 1.807) is 6.07 Å². The summed E-state index contributed by atoms with van der Waals surface area (Å²) in [6.45, 7) is 3.70. The van der Waals surface area contributed by atoms with E-state index in [0.29, 0.717) is 11.2 Å². The molecule has 4 rings (SSSR count). The summed E-state index contributed by atoms with van der Waals surface area (Å²) in [6, 6.07) is 7.88. The Labute approximate surface area is 90.5 Å². The van der Waals surface area contributed by atoms with Crippen molar-refractivity contribution in [3.8, 4) is 5.75 Å². The topological polar surface area (TPSA) is 23.5 Å². The Morgan fingerprint density at radius 2 is 1.73 bits per heavy atom. The highest BCUT2D eigenvalue weighted by Gasteiger charge is 2.40. The number of phenols is 1. The Morgan fingerprint density at radius 1 is 1.07 bits per heavy atom. The summed E-state index contributed by atoms with van der Waals surface area (Å²) in [7, 11) is 0. The normalized spacial score (nSPS) is 34.3. The fraction of sp³-hybridized carbons (Fsp3) is 0.538. The lowest BCUT2D eigenvalue weighted by molar-refractivity contribution is 0.0816. The molecule has 0 aliphatic carbocycles. The average Bonchev–Trinajstić information content (AvgIpc) is 2.31. The molecule has 0 unspecified atom stereocenters. The first-order valence-corrected chi connectivity index (χ1v) is 5.80. The molecule has 3 saturated heterocycles. The third kappa shape index (κ3) is 1.44. The fourth-order valence-electron chi connectivity index (χ4n) is 3.10. The molecule has 1 N–H and O–H groups in total. The Bertz CT molecular complexity index is 353. The number of hydrogen-bond acceptors (Lipinski definition) is 2. The van der Waals surface area contributed by atoms with Gasteiger partial charge in [-0.3, -0.25) is 0 Å². The van der Waals surface area contributed by atoms with Crippen LogP contribution in [-0.2, 0) is 5.41 Å². The minimum Gasteiger partial charge on any atom is -0.508 e. The molecule has 2 heteroatoms. The van der Waals surface area contributed by atoms with Crippen molar-refractivity contribution in [1.82, 2.24) is 4.90 Å². The number of benzene rings is 1. The molecule has 3 aliphatic heterocycles. The highest BCUT2D eigenvalue weighted by Crippen LogP contribution is 2.43. The van der Waals surface area contributed by atoms with E-state index in [9.17, 15) is 5.11 Å². The van der Waals surface area contributed by atoms with Crippen molar-refractivity contribution < 1.29 is 5.11 Å². The Hall–Kier alpha value is -1.02. The second-order valence-corrected chi connectivity index (χ2v) is 4.92. The number of phenolic OH excluding ortho intramolecular Hbond substituents is 1. The molecule has 2 nitrogen and oxygen atoms in total. The lowest BCUT2D eigenvalue weighted by Crippen LogP contribution is -2.50. The average molecular weight is 203 g/mol. The van der Waals surface area contributed by atoms with Crippen LogP contribution in [0.25, 0.3) is 0 Å². The highest BCUT2D eigenvalue weighted by molar-refractivity contribution is 5.34. The van der Waals surface area contributed by atoms with Crippen LogP contribution in [0.15, 0.2) is 24.3 Å². The van der Waals surface area contributed by atoms with Crippen LogP contribution in [-0.4, -0.2) is 29.6 Å². The standard InChI is InChI=1S/C13H17NO/c15-12-3-1-2-11(10-12)13-4-7-14(8-5-13)9-6-13/h1-3,10,15H,4-9H2. The first-order chi connectivity index (χ1) is 7.28. The molecule has 0 radical (unpaired) electrons. The number of fused-ring (bicyclic) bond motifs is 3. The molecule has 2 bridgehead atoms. The first-order valence-electron chi connectivity index (χ1n) is 5.80. The maximum Gasteiger partial charge on any atom is 0.115 e. The third-order valence-electron chi connectivity index (χ3n) is 4.18. The third-order valence-corrected chi connectivity index (χ3v) is 4.18. The Kier molecular flexibility index (Phi) is 1.99. The summed E-state index contributed by atoms with van der Waals surface area (Å²) in [5.41, 5.74) is 1.72. The van der Waals surface area contributed by atoms with Gasteiger partial charge in [0.05, 0.1) is 0 Å². The minimum atomic E-state index is 0.369. The summed E-state index contributed by atoms with van der Waals surface area (Å²) in [6.07, 6.45) is 3.78. The zero-order chi connectivity index (χ0) is 10.3. The fourth-order valence-corrected chi connectivity index (χ4v) is 3.10. The number of hydrogen-bond donors (Lipinski definition) is 1. The van der Waals surface area contributed by atoms with Gasteiger partial charge in [0.25, 0.3) is 0 Å². The molecule has 80 valence electrons. The van der Waals surface area contributed by atoms with Gasteiger partial charge >= 0.3 is 0 Å². The molecule has 3 aliphatic rings. The van der Waals surface area contributed by atoms with Crippen molar-refractivity contribution in [3.05, 3.63) is 29.8 Å². The largest absolute Gasteiger partial charge is 0.508 e. The van der Waals surface area contributed by atoms with Crippen LogP contribution < -0.4 is 0 Å². The maximum absolute atomic E-state index is 9.56. The van der Waals surface area contributed by atoms with Gasteiger partial charge in [-0.05, 0) is 62.0 Å². The molecule has 0 amide bonds. The molecule has 0 saturated carbocycles.